The first-order valence-corrected chi connectivity index (χ1v) is 7.09. The number of alkyl halides is 3. The Labute approximate surface area is 127 Å². The molecule has 3 nitrogen and oxygen atoms in total. The van der Waals surface area contributed by atoms with Crippen molar-refractivity contribution in [2.75, 3.05) is 5.32 Å². The van der Waals surface area contributed by atoms with Gasteiger partial charge in [0.05, 0.1) is 15.8 Å². The molecule has 0 radical (unpaired) electrons. The fourth-order valence-electron chi connectivity index (χ4n) is 1.90. The van der Waals surface area contributed by atoms with Crippen molar-refractivity contribution in [2.24, 2.45) is 0 Å². The number of nitrogens with one attached hydrogen (secondary N) is 1. The van der Waals surface area contributed by atoms with E-state index in [0.717, 1.165) is 16.8 Å². The molecule has 0 bridgehead atoms. The minimum atomic E-state index is -4.39. The third kappa shape index (κ3) is 2.94. The SMILES string of the molecule is O=C(Nc1ccc(C(F)(F)F)cc1)c1nc2ccccc2s1. The molecule has 3 rings (SSSR count). The van der Waals surface area contributed by atoms with Crippen LogP contribution in [0.1, 0.15) is 15.4 Å². The number of fused-ring (bicyclic) bond motifs is 1. The summed E-state index contributed by atoms with van der Waals surface area (Å²) in [6, 6.07) is 11.6. The number of thiazole rings is 1. The highest BCUT2D eigenvalue weighted by Gasteiger charge is 2.30. The lowest BCUT2D eigenvalue weighted by Crippen LogP contribution is -2.12. The van der Waals surface area contributed by atoms with Gasteiger partial charge in [-0.15, -0.1) is 11.3 Å². The number of benzene rings is 2. The maximum atomic E-state index is 12.5. The molecule has 0 spiro atoms. The Morgan fingerprint density at radius 1 is 1.05 bits per heavy atom. The molecule has 1 amide bonds. The summed E-state index contributed by atoms with van der Waals surface area (Å²) in [7, 11) is 0. The van der Waals surface area contributed by atoms with Gasteiger partial charge in [-0.3, -0.25) is 4.79 Å². The standard InChI is InChI=1S/C15H9F3N2OS/c16-15(17,18)9-5-7-10(8-6-9)19-13(21)14-20-11-3-1-2-4-12(11)22-14/h1-8H,(H,19,21). The average Bonchev–Trinajstić information content (AvgIpc) is 2.91. The molecule has 0 aliphatic carbocycles. The third-order valence-electron chi connectivity index (χ3n) is 2.96. The highest BCUT2D eigenvalue weighted by atomic mass is 32.1. The van der Waals surface area contributed by atoms with E-state index >= 15 is 0 Å². The van der Waals surface area contributed by atoms with Crippen LogP contribution in [0.3, 0.4) is 0 Å². The number of aromatic nitrogens is 1. The Morgan fingerprint density at radius 2 is 1.73 bits per heavy atom. The Morgan fingerprint density at radius 3 is 2.36 bits per heavy atom. The lowest BCUT2D eigenvalue weighted by Gasteiger charge is -2.07. The second kappa shape index (κ2) is 5.42. The molecule has 1 heterocycles. The maximum Gasteiger partial charge on any atom is 0.416 e. The average molecular weight is 322 g/mol. The fraction of sp³-hybridized carbons (Fsp3) is 0.0667. The summed E-state index contributed by atoms with van der Waals surface area (Å²) in [6.45, 7) is 0. The molecule has 0 atom stereocenters. The summed E-state index contributed by atoms with van der Waals surface area (Å²) in [5, 5.41) is 2.80. The molecule has 7 heteroatoms. The Hall–Kier alpha value is -2.41. The minimum Gasteiger partial charge on any atom is -0.320 e. The van der Waals surface area contributed by atoms with E-state index in [-0.39, 0.29) is 10.7 Å². The summed E-state index contributed by atoms with van der Waals surface area (Å²) in [6.07, 6.45) is -4.39. The van der Waals surface area contributed by atoms with E-state index in [9.17, 15) is 18.0 Å². The molecule has 112 valence electrons. The van der Waals surface area contributed by atoms with Gasteiger partial charge >= 0.3 is 6.18 Å². The predicted octanol–water partition coefficient (Wildman–Crippen LogP) is 4.57. The van der Waals surface area contributed by atoms with Crippen LogP contribution < -0.4 is 5.32 Å². The van der Waals surface area contributed by atoms with Crippen molar-refractivity contribution >= 4 is 33.1 Å². The van der Waals surface area contributed by atoms with Gasteiger partial charge in [0.25, 0.3) is 5.91 Å². The van der Waals surface area contributed by atoms with Crippen molar-refractivity contribution in [2.45, 2.75) is 6.18 Å². The number of para-hydroxylation sites is 1. The zero-order chi connectivity index (χ0) is 15.7. The van der Waals surface area contributed by atoms with E-state index in [2.05, 4.69) is 10.3 Å². The van der Waals surface area contributed by atoms with E-state index < -0.39 is 17.6 Å². The predicted molar refractivity (Wildman–Crippen MR) is 79.0 cm³/mol. The van der Waals surface area contributed by atoms with Gasteiger partial charge < -0.3 is 5.32 Å². The molecule has 0 fully saturated rings. The largest absolute Gasteiger partial charge is 0.416 e. The second-order valence-electron chi connectivity index (χ2n) is 4.52. The first-order chi connectivity index (χ1) is 10.4. The molecule has 22 heavy (non-hydrogen) atoms. The Balaban J connectivity index is 1.79. The van der Waals surface area contributed by atoms with Gasteiger partial charge in [0, 0.05) is 5.69 Å². The molecule has 0 aliphatic rings. The molecule has 1 N–H and O–H groups in total. The molecule has 0 unspecified atom stereocenters. The van der Waals surface area contributed by atoms with Crippen LogP contribution in [-0.2, 0) is 6.18 Å². The topological polar surface area (TPSA) is 42.0 Å². The smallest absolute Gasteiger partial charge is 0.320 e. The van der Waals surface area contributed by atoms with Gasteiger partial charge in [0.1, 0.15) is 0 Å². The van der Waals surface area contributed by atoms with Gasteiger partial charge in [0.2, 0.25) is 0 Å². The fourth-order valence-corrected chi connectivity index (χ4v) is 2.76. The maximum absolute atomic E-state index is 12.5. The number of anilines is 1. The summed E-state index contributed by atoms with van der Waals surface area (Å²) in [4.78, 5) is 16.3. The zero-order valence-electron chi connectivity index (χ0n) is 11.0. The number of halogens is 3. The lowest BCUT2D eigenvalue weighted by molar-refractivity contribution is -0.137. The highest BCUT2D eigenvalue weighted by Crippen LogP contribution is 2.30. The second-order valence-corrected chi connectivity index (χ2v) is 5.55. The van der Waals surface area contributed by atoms with E-state index in [1.807, 2.05) is 18.2 Å². The molecule has 0 saturated carbocycles. The van der Waals surface area contributed by atoms with Crippen LogP contribution in [-0.4, -0.2) is 10.9 Å². The summed E-state index contributed by atoms with van der Waals surface area (Å²) in [5.74, 6) is -0.444. The van der Waals surface area contributed by atoms with Crippen molar-refractivity contribution in [3.05, 3.63) is 59.1 Å². The molecule has 0 aliphatic heterocycles. The molecule has 3 aromatic rings. The van der Waals surface area contributed by atoms with Gasteiger partial charge in [-0.05, 0) is 36.4 Å². The minimum absolute atomic E-state index is 0.265. The van der Waals surface area contributed by atoms with Crippen LogP contribution in [0, 0.1) is 0 Å². The van der Waals surface area contributed by atoms with E-state index in [1.54, 1.807) is 6.07 Å². The van der Waals surface area contributed by atoms with Crippen molar-refractivity contribution in [3.63, 3.8) is 0 Å². The van der Waals surface area contributed by atoms with E-state index in [0.29, 0.717) is 5.52 Å². The highest BCUT2D eigenvalue weighted by molar-refractivity contribution is 7.20. The van der Waals surface area contributed by atoms with Crippen LogP contribution in [0.2, 0.25) is 0 Å². The van der Waals surface area contributed by atoms with E-state index in [4.69, 9.17) is 0 Å². The van der Waals surface area contributed by atoms with Crippen LogP contribution >= 0.6 is 11.3 Å². The summed E-state index contributed by atoms with van der Waals surface area (Å²) < 4.78 is 38.3. The van der Waals surface area contributed by atoms with Crippen molar-refractivity contribution < 1.29 is 18.0 Å². The lowest BCUT2D eigenvalue weighted by atomic mass is 10.2. The molecular formula is C15H9F3N2OS. The van der Waals surface area contributed by atoms with Crippen LogP contribution in [0.15, 0.2) is 48.5 Å². The van der Waals surface area contributed by atoms with Crippen molar-refractivity contribution in [1.29, 1.82) is 0 Å². The van der Waals surface area contributed by atoms with E-state index in [1.165, 1.54) is 23.5 Å². The van der Waals surface area contributed by atoms with Gasteiger partial charge in [-0.2, -0.15) is 13.2 Å². The molecule has 1 aromatic heterocycles. The third-order valence-corrected chi connectivity index (χ3v) is 3.99. The number of carbonyl (C=O) groups is 1. The van der Waals surface area contributed by atoms with Gasteiger partial charge in [0.15, 0.2) is 5.01 Å². The Kier molecular flexibility index (Phi) is 3.58. The number of carbonyl (C=O) groups excluding carboxylic acids is 1. The first kappa shape index (κ1) is 14.5. The molecular weight excluding hydrogens is 313 g/mol. The van der Waals surface area contributed by atoms with Crippen molar-refractivity contribution in [3.8, 4) is 0 Å². The summed E-state index contributed by atoms with van der Waals surface area (Å²) >= 11 is 1.23. The van der Waals surface area contributed by atoms with Crippen molar-refractivity contribution in [1.82, 2.24) is 4.98 Å². The first-order valence-electron chi connectivity index (χ1n) is 6.28. The quantitative estimate of drug-likeness (QED) is 0.751. The zero-order valence-corrected chi connectivity index (χ0v) is 11.8. The number of hydrogen-bond acceptors (Lipinski definition) is 3. The summed E-state index contributed by atoms with van der Waals surface area (Å²) in [5.41, 5.74) is 0.243. The number of rotatable bonds is 2. The van der Waals surface area contributed by atoms with Crippen LogP contribution in [0.5, 0.6) is 0 Å². The van der Waals surface area contributed by atoms with Crippen LogP contribution in [0.25, 0.3) is 10.2 Å². The molecule has 2 aromatic carbocycles. The normalized spacial score (nSPS) is 11.6. The Bertz CT molecular complexity index is 792. The number of hydrogen-bond donors (Lipinski definition) is 1. The van der Waals surface area contributed by atoms with Gasteiger partial charge in [-0.25, -0.2) is 4.98 Å². The van der Waals surface area contributed by atoms with Gasteiger partial charge in [-0.1, -0.05) is 12.1 Å². The van der Waals surface area contributed by atoms with Crippen LogP contribution in [0.4, 0.5) is 18.9 Å². The number of nitrogens with zero attached hydrogens (tertiary/aromatic N) is 1. The molecule has 0 saturated heterocycles. The number of amides is 1. The monoisotopic (exact) mass is 322 g/mol.